The lowest BCUT2D eigenvalue weighted by atomic mass is 10.1. The molecular formula is C18H21N5O3. The Morgan fingerprint density at radius 2 is 1.88 bits per heavy atom. The Hall–Kier alpha value is -3.03. The summed E-state index contributed by atoms with van der Waals surface area (Å²) in [7, 11) is 0. The highest BCUT2D eigenvalue weighted by Crippen LogP contribution is 2.32. The molecule has 3 heterocycles. The number of phenolic OH excluding ortho intramolecular Hbond substituents is 2. The summed E-state index contributed by atoms with van der Waals surface area (Å²) >= 11 is 0. The van der Waals surface area contributed by atoms with Gasteiger partial charge in [-0.15, -0.1) is 0 Å². The third kappa shape index (κ3) is 2.87. The zero-order valence-corrected chi connectivity index (χ0v) is 14.5. The van der Waals surface area contributed by atoms with Gasteiger partial charge in [-0.05, 0) is 38.3 Å². The first kappa shape index (κ1) is 16.4. The molecule has 1 aromatic carbocycles. The predicted molar refractivity (Wildman–Crippen MR) is 97.6 cm³/mol. The summed E-state index contributed by atoms with van der Waals surface area (Å²) in [6.07, 6.45) is 2.74. The van der Waals surface area contributed by atoms with Crippen LogP contribution in [0.3, 0.4) is 0 Å². The van der Waals surface area contributed by atoms with E-state index in [0.717, 1.165) is 25.9 Å². The summed E-state index contributed by atoms with van der Waals surface area (Å²) in [5.41, 5.74) is 1.00. The molecule has 3 N–H and O–H groups in total. The van der Waals surface area contributed by atoms with Gasteiger partial charge >= 0.3 is 0 Å². The van der Waals surface area contributed by atoms with Gasteiger partial charge in [-0.25, -0.2) is 9.98 Å². The molecule has 0 aliphatic carbocycles. The van der Waals surface area contributed by atoms with E-state index in [-0.39, 0.29) is 17.1 Å². The zero-order valence-electron chi connectivity index (χ0n) is 14.5. The quantitative estimate of drug-likeness (QED) is 0.674. The van der Waals surface area contributed by atoms with Crippen molar-refractivity contribution in [2.24, 2.45) is 4.99 Å². The normalized spacial score (nSPS) is 19.5. The number of hydrogen-bond acceptors (Lipinski definition) is 7. The maximum absolute atomic E-state index is 12.6. The van der Waals surface area contributed by atoms with Crippen LogP contribution in [0.1, 0.15) is 36.7 Å². The van der Waals surface area contributed by atoms with E-state index in [9.17, 15) is 15.0 Å². The molecule has 0 spiro atoms. The third-order valence-corrected chi connectivity index (χ3v) is 4.75. The Balaban J connectivity index is 1.84. The lowest BCUT2D eigenvalue weighted by Crippen LogP contribution is -2.45. The fourth-order valence-electron chi connectivity index (χ4n) is 3.43. The number of nitrogens with zero attached hydrogens (tertiary/aromatic N) is 4. The van der Waals surface area contributed by atoms with E-state index < -0.39 is 6.17 Å². The van der Waals surface area contributed by atoms with Gasteiger partial charge in [0.05, 0.1) is 0 Å². The third-order valence-electron chi connectivity index (χ3n) is 4.75. The number of piperidine rings is 1. The molecule has 0 saturated carbocycles. The molecule has 0 radical (unpaired) electrons. The number of fused-ring (bicyclic) bond motifs is 1. The molecular weight excluding hydrogens is 334 g/mol. The maximum Gasteiger partial charge on any atom is 0.257 e. The predicted octanol–water partition coefficient (Wildman–Crippen LogP) is 1.78. The Morgan fingerprint density at radius 1 is 1.12 bits per heavy atom. The summed E-state index contributed by atoms with van der Waals surface area (Å²) < 4.78 is 1.46. The molecule has 0 bridgehead atoms. The SMILES string of the molecule is Cc1cc(=O)n2c(n1)NC(N1CCCCC1)=NC2c1ccc(O)c(O)c1. The lowest BCUT2D eigenvalue weighted by Gasteiger charge is -2.34. The maximum atomic E-state index is 12.6. The van der Waals surface area contributed by atoms with Crippen molar-refractivity contribution >= 4 is 11.9 Å². The van der Waals surface area contributed by atoms with E-state index >= 15 is 0 Å². The molecule has 1 atom stereocenters. The molecule has 8 nitrogen and oxygen atoms in total. The molecule has 1 unspecified atom stereocenters. The Bertz CT molecular complexity index is 931. The van der Waals surface area contributed by atoms with E-state index in [4.69, 9.17) is 4.99 Å². The number of aromatic nitrogens is 2. The second-order valence-electron chi connectivity index (χ2n) is 6.68. The highest BCUT2D eigenvalue weighted by molar-refractivity contribution is 5.93. The number of guanidine groups is 1. The molecule has 1 saturated heterocycles. The van der Waals surface area contributed by atoms with Crippen molar-refractivity contribution in [1.29, 1.82) is 0 Å². The summed E-state index contributed by atoms with van der Waals surface area (Å²) in [6, 6.07) is 5.94. The van der Waals surface area contributed by atoms with Crippen molar-refractivity contribution in [3.8, 4) is 11.5 Å². The molecule has 2 aliphatic heterocycles. The zero-order chi connectivity index (χ0) is 18.3. The molecule has 26 heavy (non-hydrogen) atoms. The lowest BCUT2D eigenvalue weighted by molar-refractivity contribution is 0.335. The van der Waals surface area contributed by atoms with Crippen LogP contribution in [0.4, 0.5) is 5.95 Å². The minimum atomic E-state index is -0.657. The van der Waals surface area contributed by atoms with Crippen LogP contribution in [0.25, 0.3) is 0 Å². The number of aryl methyl sites for hydroxylation is 1. The number of nitrogens with one attached hydrogen (secondary N) is 1. The van der Waals surface area contributed by atoms with Crippen molar-refractivity contribution in [3.05, 3.63) is 45.9 Å². The van der Waals surface area contributed by atoms with Gasteiger partial charge in [-0.2, -0.15) is 0 Å². The van der Waals surface area contributed by atoms with Gasteiger partial charge in [0.2, 0.25) is 11.9 Å². The number of benzene rings is 1. The molecule has 136 valence electrons. The van der Waals surface area contributed by atoms with Crippen molar-refractivity contribution in [2.75, 3.05) is 18.4 Å². The first-order valence-corrected chi connectivity index (χ1v) is 8.75. The topological polar surface area (TPSA) is 103 Å². The van der Waals surface area contributed by atoms with E-state index in [1.165, 1.54) is 29.2 Å². The first-order valence-electron chi connectivity index (χ1n) is 8.75. The van der Waals surface area contributed by atoms with Crippen molar-refractivity contribution in [1.82, 2.24) is 14.5 Å². The van der Waals surface area contributed by atoms with Crippen LogP contribution >= 0.6 is 0 Å². The van der Waals surface area contributed by atoms with Crippen LogP contribution in [0.2, 0.25) is 0 Å². The van der Waals surface area contributed by atoms with Crippen molar-refractivity contribution in [3.63, 3.8) is 0 Å². The van der Waals surface area contributed by atoms with Gasteiger partial charge in [-0.3, -0.25) is 14.7 Å². The minimum absolute atomic E-state index is 0.211. The standard InChI is InChI=1S/C18H21N5O3/c1-11-9-15(26)23-16(12-5-6-13(24)14(25)10-12)20-17(21-18(23)19-11)22-7-3-2-4-8-22/h5-6,9-10,16,24-25H,2-4,7-8H2,1H3,(H,19,20,21). The van der Waals surface area contributed by atoms with E-state index in [1.807, 2.05) is 0 Å². The fourth-order valence-corrected chi connectivity index (χ4v) is 3.43. The van der Waals surface area contributed by atoms with Crippen molar-refractivity contribution in [2.45, 2.75) is 32.4 Å². The second kappa shape index (κ2) is 6.36. The number of aromatic hydroxyl groups is 2. The number of likely N-dealkylation sites (tertiary alicyclic amines) is 1. The average Bonchev–Trinajstić information content (AvgIpc) is 2.63. The smallest absolute Gasteiger partial charge is 0.257 e. The van der Waals surface area contributed by atoms with Gasteiger partial charge in [0, 0.05) is 30.4 Å². The van der Waals surface area contributed by atoms with E-state index in [2.05, 4.69) is 15.2 Å². The van der Waals surface area contributed by atoms with Crippen LogP contribution in [-0.4, -0.2) is 43.7 Å². The molecule has 1 aromatic heterocycles. The number of aliphatic imine (C=N–C) groups is 1. The van der Waals surface area contributed by atoms with Gasteiger partial charge in [0.15, 0.2) is 17.7 Å². The van der Waals surface area contributed by atoms with Crippen LogP contribution < -0.4 is 10.9 Å². The summed E-state index contributed by atoms with van der Waals surface area (Å²) in [5.74, 6) is 0.658. The van der Waals surface area contributed by atoms with Gasteiger partial charge < -0.3 is 15.1 Å². The Labute approximate surface area is 150 Å². The van der Waals surface area contributed by atoms with Crippen LogP contribution in [0, 0.1) is 6.92 Å². The molecule has 1 fully saturated rings. The summed E-state index contributed by atoms with van der Waals surface area (Å²) in [5, 5.41) is 22.7. The molecule has 0 amide bonds. The Morgan fingerprint density at radius 3 is 2.62 bits per heavy atom. The van der Waals surface area contributed by atoms with E-state index in [1.54, 1.807) is 13.0 Å². The van der Waals surface area contributed by atoms with Crippen LogP contribution in [0.15, 0.2) is 34.1 Å². The van der Waals surface area contributed by atoms with E-state index in [0.29, 0.717) is 23.2 Å². The molecule has 2 aromatic rings. The largest absolute Gasteiger partial charge is 0.504 e. The summed E-state index contributed by atoms with van der Waals surface area (Å²) in [6.45, 7) is 3.57. The van der Waals surface area contributed by atoms with Crippen LogP contribution in [-0.2, 0) is 0 Å². The number of anilines is 1. The molecule has 2 aliphatic rings. The molecule has 4 rings (SSSR count). The molecule has 8 heteroatoms. The fraction of sp³-hybridized carbons (Fsp3) is 0.389. The van der Waals surface area contributed by atoms with Gasteiger partial charge in [0.25, 0.3) is 5.56 Å². The van der Waals surface area contributed by atoms with Crippen LogP contribution in [0.5, 0.6) is 11.5 Å². The average molecular weight is 355 g/mol. The van der Waals surface area contributed by atoms with Gasteiger partial charge in [0.1, 0.15) is 0 Å². The number of phenols is 2. The van der Waals surface area contributed by atoms with Gasteiger partial charge in [-0.1, -0.05) is 6.07 Å². The Kier molecular flexibility index (Phi) is 4.02. The van der Waals surface area contributed by atoms with Crippen molar-refractivity contribution < 1.29 is 10.2 Å². The highest BCUT2D eigenvalue weighted by Gasteiger charge is 2.28. The monoisotopic (exact) mass is 355 g/mol. The number of hydrogen-bond donors (Lipinski definition) is 3. The number of rotatable bonds is 1. The minimum Gasteiger partial charge on any atom is -0.504 e. The highest BCUT2D eigenvalue weighted by atomic mass is 16.3. The first-order chi connectivity index (χ1) is 12.5. The summed E-state index contributed by atoms with van der Waals surface area (Å²) in [4.78, 5) is 24.0. The second-order valence-corrected chi connectivity index (χ2v) is 6.68.